The van der Waals surface area contributed by atoms with Crippen LogP contribution in [0, 0.1) is 0 Å². The van der Waals surface area contributed by atoms with Crippen LogP contribution in [-0.4, -0.2) is 28.8 Å². The molecule has 3 rings (SSSR count). The van der Waals surface area contributed by atoms with Crippen molar-refractivity contribution in [2.45, 2.75) is 70.5 Å². The van der Waals surface area contributed by atoms with E-state index >= 15 is 0 Å². The first-order valence-corrected chi connectivity index (χ1v) is 11.3. The number of nitrogens with zero attached hydrogens (tertiary/aromatic N) is 1. The zero-order valence-electron chi connectivity index (χ0n) is 17.6. The number of carbonyl (C=O) groups is 2. The Morgan fingerprint density at radius 1 is 1.03 bits per heavy atom. The smallest absolute Gasteiger partial charge is 0.243 e. The maximum atomic E-state index is 13.4. The molecule has 1 aliphatic rings. The Labute approximate surface area is 184 Å². The summed E-state index contributed by atoms with van der Waals surface area (Å²) in [5.41, 5.74) is 2.02. The molecular formula is C25H31ClN2O2. The van der Waals surface area contributed by atoms with Gasteiger partial charge in [-0.05, 0) is 42.5 Å². The molecule has 0 saturated heterocycles. The molecule has 2 aromatic carbocycles. The molecular weight excluding hydrogens is 396 g/mol. The minimum atomic E-state index is -0.539. The van der Waals surface area contributed by atoms with Gasteiger partial charge >= 0.3 is 0 Å². The van der Waals surface area contributed by atoms with Gasteiger partial charge in [0.1, 0.15) is 6.04 Å². The maximum absolute atomic E-state index is 13.4. The van der Waals surface area contributed by atoms with Crippen LogP contribution in [0.15, 0.2) is 54.6 Å². The SMILES string of the molecule is CCCC(=O)N(Cc1ccc(Cl)cc1)[C@H](Cc1ccccc1)C(=O)NC1CCCC1. The summed E-state index contributed by atoms with van der Waals surface area (Å²) in [4.78, 5) is 28.2. The lowest BCUT2D eigenvalue weighted by atomic mass is 10.0. The Bertz CT molecular complexity index is 817. The van der Waals surface area contributed by atoms with Gasteiger partial charge < -0.3 is 10.2 Å². The molecule has 1 atom stereocenters. The number of hydrogen-bond acceptors (Lipinski definition) is 2. The molecule has 1 aliphatic carbocycles. The van der Waals surface area contributed by atoms with Crippen LogP contribution in [0.5, 0.6) is 0 Å². The summed E-state index contributed by atoms with van der Waals surface area (Å²) in [6, 6.07) is 17.1. The van der Waals surface area contributed by atoms with Gasteiger partial charge in [0, 0.05) is 30.5 Å². The second-order valence-electron chi connectivity index (χ2n) is 8.09. The first-order chi connectivity index (χ1) is 14.6. The Morgan fingerprint density at radius 2 is 1.70 bits per heavy atom. The van der Waals surface area contributed by atoms with Gasteiger partial charge in [0.05, 0.1) is 0 Å². The summed E-state index contributed by atoms with van der Waals surface area (Å²) in [7, 11) is 0. The normalized spacial score (nSPS) is 15.0. The zero-order valence-corrected chi connectivity index (χ0v) is 18.4. The lowest BCUT2D eigenvalue weighted by molar-refractivity contribution is -0.141. The fourth-order valence-electron chi connectivity index (χ4n) is 4.07. The number of benzene rings is 2. The van der Waals surface area contributed by atoms with E-state index < -0.39 is 6.04 Å². The minimum absolute atomic E-state index is 0.00922. The van der Waals surface area contributed by atoms with Gasteiger partial charge in [0.15, 0.2) is 0 Å². The third-order valence-electron chi connectivity index (χ3n) is 5.70. The molecule has 0 bridgehead atoms. The minimum Gasteiger partial charge on any atom is -0.352 e. The molecule has 2 aromatic rings. The summed E-state index contributed by atoms with van der Waals surface area (Å²) < 4.78 is 0. The van der Waals surface area contributed by atoms with Gasteiger partial charge in [-0.3, -0.25) is 9.59 Å². The Hall–Kier alpha value is -2.33. The van der Waals surface area contributed by atoms with Crippen LogP contribution in [0.2, 0.25) is 5.02 Å². The molecule has 160 valence electrons. The topological polar surface area (TPSA) is 49.4 Å². The lowest BCUT2D eigenvalue weighted by Crippen LogP contribution is -2.52. The van der Waals surface area contributed by atoms with Gasteiger partial charge in [0.2, 0.25) is 11.8 Å². The second kappa shape index (κ2) is 11.2. The van der Waals surface area contributed by atoms with E-state index in [2.05, 4.69) is 5.32 Å². The first kappa shape index (κ1) is 22.4. The van der Waals surface area contributed by atoms with E-state index in [1.807, 2.05) is 61.5 Å². The van der Waals surface area contributed by atoms with E-state index in [1.165, 1.54) is 0 Å². The maximum Gasteiger partial charge on any atom is 0.243 e. The highest BCUT2D eigenvalue weighted by Gasteiger charge is 2.31. The van der Waals surface area contributed by atoms with Crippen molar-refractivity contribution in [3.63, 3.8) is 0 Å². The van der Waals surface area contributed by atoms with Crippen LogP contribution >= 0.6 is 11.6 Å². The van der Waals surface area contributed by atoms with E-state index in [-0.39, 0.29) is 17.9 Å². The number of amides is 2. The molecule has 0 heterocycles. The molecule has 0 unspecified atom stereocenters. The second-order valence-corrected chi connectivity index (χ2v) is 8.53. The average molecular weight is 427 g/mol. The summed E-state index contributed by atoms with van der Waals surface area (Å²) >= 11 is 6.03. The Morgan fingerprint density at radius 3 is 2.33 bits per heavy atom. The van der Waals surface area contributed by atoms with Crippen molar-refractivity contribution in [2.24, 2.45) is 0 Å². The summed E-state index contributed by atoms with van der Waals surface area (Å²) in [6.45, 7) is 2.38. The van der Waals surface area contributed by atoms with Crippen LogP contribution < -0.4 is 5.32 Å². The third kappa shape index (κ3) is 6.33. The molecule has 5 heteroatoms. The van der Waals surface area contributed by atoms with Crippen molar-refractivity contribution in [1.29, 1.82) is 0 Å². The molecule has 1 N–H and O–H groups in total. The molecule has 2 amide bonds. The molecule has 1 saturated carbocycles. The Balaban J connectivity index is 1.87. The van der Waals surface area contributed by atoms with Crippen LogP contribution in [-0.2, 0) is 22.6 Å². The number of halogens is 1. The molecule has 0 spiro atoms. The van der Waals surface area contributed by atoms with Gasteiger partial charge in [-0.25, -0.2) is 0 Å². The van der Waals surface area contributed by atoms with Crippen LogP contribution in [0.4, 0.5) is 0 Å². The van der Waals surface area contributed by atoms with Crippen LogP contribution in [0.1, 0.15) is 56.6 Å². The summed E-state index contributed by atoms with van der Waals surface area (Å²) in [5.74, 6) is -0.0425. The van der Waals surface area contributed by atoms with Crippen LogP contribution in [0.3, 0.4) is 0 Å². The third-order valence-corrected chi connectivity index (χ3v) is 5.95. The quantitative estimate of drug-likeness (QED) is 0.603. The van der Waals surface area contributed by atoms with E-state index in [1.54, 1.807) is 4.90 Å². The average Bonchev–Trinajstić information content (AvgIpc) is 3.26. The van der Waals surface area contributed by atoms with E-state index in [0.717, 1.165) is 43.2 Å². The van der Waals surface area contributed by atoms with Gasteiger partial charge in [-0.1, -0.05) is 73.8 Å². The fourth-order valence-corrected chi connectivity index (χ4v) is 4.19. The molecule has 4 nitrogen and oxygen atoms in total. The Kier molecular flexibility index (Phi) is 8.32. The number of rotatable bonds is 9. The highest BCUT2D eigenvalue weighted by Crippen LogP contribution is 2.21. The van der Waals surface area contributed by atoms with Crippen LogP contribution in [0.25, 0.3) is 0 Å². The molecule has 1 fully saturated rings. The van der Waals surface area contributed by atoms with Crippen molar-refractivity contribution in [1.82, 2.24) is 10.2 Å². The lowest BCUT2D eigenvalue weighted by Gasteiger charge is -2.32. The van der Waals surface area contributed by atoms with E-state index in [9.17, 15) is 9.59 Å². The van der Waals surface area contributed by atoms with Gasteiger partial charge in [-0.2, -0.15) is 0 Å². The number of carbonyl (C=O) groups excluding carboxylic acids is 2. The van der Waals surface area contributed by atoms with Crippen molar-refractivity contribution < 1.29 is 9.59 Å². The van der Waals surface area contributed by atoms with Crippen molar-refractivity contribution >= 4 is 23.4 Å². The van der Waals surface area contributed by atoms with Gasteiger partial charge in [-0.15, -0.1) is 0 Å². The van der Waals surface area contributed by atoms with E-state index in [4.69, 9.17) is 11.6 Å². The fraction of sp³-hybridized carbons (Fsp3) is 0.440. The monoisotopic (exact) mass is 426 g/mol. The molecule has 0 aliphatic heterocycles. The van der Waals surface area contributed by atoms with E-state index in [0.29, 0.717) is 24.4 Å². The highest BCUT2D eigenvalue weighted by atomic mass is 35.5. The summed E-state index contributed by atoms with van der Waals surface area (Å²) in [5, 5.41) is 3.88. The zero-order chi connectivity index (χ0) is 21.3. The molecule has 0 radical (unpaired) electrons. The van der Waals surface area contributed by atoms with Gasteiger partial charge in [0.25, 0.3) is 0 Å². The van der Waals surface area contributed by atoms with Crippen molar-refractivity contribution in [3.05, 3.63) is 70.7 Å². The number of hydrogen-bond donors (Lipinski definition) is 1. The predicted molar refractivity (Wildman–Crippen MR) is 121 cm³/mol. The number of nitrogens with one attached hydrogen (secondary N) is 1. The molecule has 30 heavy (non-hydrogen) atoms. The predicted octanol–water partition coefficient (Wildman–Crippen LogP) is 5.14. The van der Waals surface area contributed by atoms with Crippen molar-refractivity contribution in [2.75, 3.05) is 0 Å². The largest absolute Gasteiger partial charge is 0.352 e. The summed E-state index contributed by atoms with van der Waals surface area (Å²) in [6.07, 6.45) is 6.01. The highest BCUT2D eigenvalue weighted by molar-refractivity contribution is 6.30. The van der Waals surface area contributed by atoms with Crippen molar-refractivity contribution in [3.8, 4) is 0 Å². The first-order valence-electron chi connectivity index (χ1n) is 10.9. The molecule has 0 aromatic heterocycles. The standard InChI is InChI=1S/C25H31ClN2O2/c1-2-8-24(29)28(18-20-13-15-21(26)16-14-20)23(17-19-9-4-3-5-10-19)25(30)27-22-11-6-7-12-22/h3-5,9-10,13-16,22-23H,2,6-8,11-12,17-18H2,1H3,(H,27,30)/t23-/m1/s1.